The summed E-state index contributed by atoms with van der Waals surface area (Å²) in [7, 11) is 1.65. The third kappa shape index (κ3) is 5.58. The number of unbranched alkanes of at least 4 members (excludes halogenated alkanes) is 3. The van der Waals surface area contributed by atoms with E-state index in [0.717, 1.165) is 37.0 Å². The molecule has 2 atom stereocenters. The molecule has 1 saturated carbocycles. The van der Waals surface area contributed by atoms with E-state index in [4.69, 9.17) is 9.84 Å². The maximum absolute atomic E-state index is 12.1. The number of rotatable bonds is 10. The highest BCUT2D eigenvalue weighted by Crippen LogP contribution is 2.48. The van der Waals surface area contributed by atoms with Gasteiger partial charge in [-0.2, -0.15) is 0 Å². The van der Waals surface area contributed by atoms with Crippen molar-refractivity contribution in [3.63, 3.8) is 0 Å². The van der Waals surface area contributed by atoms with Crippen LogP contribution in [0.25, 0.3) is 0 Å². The second-order valence-electron chi connectivity index (χ2n) is 6.07. The van der Waals surface area contributed by atoms with Crippen molar-refractivity contribution in [1.82, 2.24) is 5.32 Å². The molecule has 1 amide bonds. The molecule has 1 fully saturated rings. The van der Waals surface area contributed by atoms with Crippen molar-refractivity contribution in [1.29, 1.82) is 0 Å². The molecule has 1 aliphatic rings. The molecule has 2 unspecified atom stereocenters. The monoisotopic (exact) mass is 319 g/mol. The van der Waals surface area contributed by atoms with Gasteiger partial charge in [0.1, 0.15) is 5.75 Å². The molecule has 5 heteroatoms. The smallest absolute Gasteiger partial charge is 0.303 e. The average molecular weight is 319 g/mol. The molecule has 0 heterocycles. The Kier molecular flexibility index (Phi) is 6.44. The number of carboxylic acid groups (broad SMARTS) is 1. The summed E-state index contributed by atoms with van der Waals surface area (Å²) in [5.74, 6) is 0.601. The van der Waals surface area contributed by atoms with Crippen LogP contribution >= 0.6 is 0 Å². The van der Waals surface area contributed by atoms with E-state index in [-0.39, 0.29) is 18.2 Å². The van der Waals surface area contributed by atoms with Gasteiger partial charge in [-0.05, 0) is 42.9 Å². The summed E-state index contributed by atoms with van der Waals surface area (Å²) in [5.41, 5.74) is 1.16. The zero-order valence-corrected chi connectivity index (χ0v) is 13.6. The number of hydrogen-bond donors (Lipinski definition) is 2. The number of benzene rings is 1. The Hall–Kier alpha value is -2.04. The minimum Gasteiger partial charge on any atom is -0.497 e. The van der Waals surface area contributed by atoms with Gasteiger partial charge in [0.25, 0.3) is 0 Å². The van der Waals surface area contributed by atoms with E-state index in [9.17, 15) is 9.59 Å². The van der Waals surface area contributed by atoms with Gasteiger partial charge in [0, 0.05) is 18.9 Å². The molecule has 0 radical (unpaired) electrons. The summed E-state index contributed by atoms with van der Waals surface area (Å²) in [5, 5.41) is 11.5. The Morgan fingerprint density at radius 2 is 2.04 bits per heavy atom. The minimum atomic E-state index is -0.740. The molecule has 0 saturated heterocycles. The molecule has 5 nitrogen and oxygen atoms in total. The van der Waals surface area contributed by atoms with Crippen LogP contribution in [-0.2, 0) is 9.59 Å². The highest BCUT2D eigenvalue weighted by atomic mass is 16.5. The van der Waals surface area contributed by atoms with E-state index < -0.39 is 5.97 Å². The van der Waals surface area contributed by atoms with Crippen LogP contribution in [0.5, 0.6) is 5.75 Å². The predicted molar refractivity (Wildman–Crippen MR) is 87.6 cm³/mol. The topological polar surface area (TPSA) is 75.6 Å². The number of nitrogens with one attached hydrogen (secondary N) is 1. The average Bonchev–Trinajstić information content (AvgIpc) is 3.34. The summed E-state index contributed by atoms with van der Waals surface area (Å²) in [6.07, 6.45) is 4.61. The molecular formula is C18H25NO4. The molecule has 1 aromatic carbocycles. The summed E-state index contributed by atoms with van der Waals surface area (Å²) < 4.78 is 5.22. The van der Waals surface area contributed by atoms with Crippen LogP contribution < -0.4 is 10.1 Å². The summed E-state index contributed by atoms with van der Waals surface area (Å²) in [6, 6.07) is 7.91. The summed E-state index contributed by atoms with van der Waals surface area (Å²) in [6.45, 7) is 0.674. The number of carbonyl (C=O) groups excluding carboxylic acids is 1. The molecule has 23 heavy (non-hydrogen) atoms. The quantitative estimate of drug-likeness (QED) is 0.650. The van der Waals surface area contributed by atoms with Crippen LogP contribution in [0.15, 0.2) is 24.3 Å². The SMILES string of the molecule is COc1cccc(C2CC2C(=O)NCCCCCCC(=O)O)c1. The van der Waals surface area contributed by atoms with Gasteiger partial charge in [-0.3, -0.25) is 9.59 Å². The van der Waals surface area contributed by atoms with Gasteiger partial charge < -0.3 is 15.2 Å². The number of carboxylic acids is 1. The number of carbonyl (C=O) groups is 2. The first-order chi connectivity index (χ1) is 11.1. The third-order valence-electron chi connectivity index (χ3n) is 4.27. The number of ether oxygens (including phenoxy) is 1. The van der Waals surface area contributed by atoms with Crippen molar-refractivity contribution >= 4 is 11.9 Å². The van der Waals surface area contributed by atoms with Gasteiger partial charge in [0.2, 0.25) is 5.91 Å². The first kappa shape index (κ1) is 17.3. The van der Waals surface area contributed by atoms with E-state index in [1.807, 2.05) is 24.3 Å². The molecule has 1 aliphatic carbocycles. The van der Waals surface area contributed by atoms with E-state index >= 15 is 0 Å². The molecule has 0 spiro atoms. The first-order valence-electron chi connectivity index (χ1n) is 8.25. The molecule has 2 N–H and O–H groups in total. The second kappa shape index (κ2) is 8.56. The van der Waals surface area contributed by atoms with Gasteiger partial charge in [-0.25, -0.2) is 0 Å². The molecule has 0 aromatic heterocycles. The van der Waals surface area contributed by atoms with Gasteiger partial charge >= 0.3 is 5.97 Å². The van der Waals surface area contributed by atoms with Crippen molar-refractivity contribution in [2.24, 2.45) is 5.92 Å². The largest absolute Gasteiger partial charge is 0.497 e. The van der Waals surface area contributed by atoms with Crippen LogP contribution in [-0.4, -0.2) is 30.6 Å². The first-order valence-corrected chi connectivity index (χ1v) is 8.25. The molecular weight excluding hydrogens is 294 g/mol. The molecule has 0 bridgehead atoms. The van der Waals surface area contributed by atoms with Crippen molar-refractivity contribution < 1.29 is 19.4 Å². The number of methoxy groups -OCH3 is 1. The molecule has 126 valence electrons. The van der Waals surface area contributed by atoms with Crippen molar-refractivity contribution in [2.45, 2.75) is 44.4 Å². The van der Waals surface area contributed by atoms with Gasteiger partial charge in [0.05, 0.1) is 7.11 Å². The fourth-order valence-electron chi connectivity index (χ4n) is 2.82. The fourth-order valence-corrected chi connectivity index (χ4v) is 2.82. The lowest BCUT2D eigenvalue weighted by Gasteiger charge is -2.06. The predicted octanol–water partition coefficient (Wildman–Crippen LogP) is 2.95. The lowest BCUT2D eigenvalue weighted by molar-refractivity contribution is -0.137. The lowest BCUT2D eigenvalue weighted by atomic mass is 10.1. The van der Waals surface area contributed by atoms with E-state index in [1.165, 1.54) is 0 Å². The van der Waals surface area contributed by atoms with E-state index in [0.29, 0.717) is 18.9 Å². The number of aliphatic carboxylic acids is 1. The van der Waals surface area contributed by atoms with Crippen LogP contribution in [0.2, 0.25) is 0 Å². The Morgan fingerprint density at radius 3 is 2.78 bits per heavy atom. The van der Waals surface area contributed by atoms with E-state index in [1.54, 1.807) is 7.11 Å². The standard InChI is InChI=1S/C18H25NO4/c1-23-14-8-6-7-13(11-14)15-12-16(15)18(22)19-10-5-3-2-4-9-17(20)21/h6-8,11,15-16H,2-5,9-10,12H2,1H3,(H,19,22)(H,20,21). The Labute approximate surface area is 137 Å². The lowest BCUT2D eigenvalue weighted by Crippen LogP contribution is -2.26. The zero-order chi connectivity index (χ0) is 16.7. The number of amides is 1. The maximum atomic E-state index is 12.1. The van der Waals surface area contributed by atoms with Crippen molar-refractivity contribution in [3.8, 4) is 5.75 Å². The zero-order valence-electron chi connectivity index (χ0n) is 13.6. The van der Waals surface area contributed by atoms with Crippen LogP contribution in [0.4, 0.5) is 0 Å². The Balaban J connectivity index is 1.61. The molecule has 0 aliphatic heterocycles. The van der Waals surface area contributed by atoms with Gasteiger partial charge in [0.15, 0.2) is 0 Å². The number of hydrogen-bond acceptors (Lipinski definition) is 3. The van der Waals surface area contributed by atoms with Crippen molar-refractivity contribution in [3.05, 3.63) is 29.8 Å². The van der Waals surface area contributed by atoms with Gasteiger partial charge in [-0.15, -0.1) is 0 Å². The third-order valence-corrected chi connectivity index (χ3v) is 4.27. The van der Waals surface area contributed by atoms with Crippen LogP contribution in [0.3, 0.4) is 0 Å². The maximum Gasteiger partial charge on any atom is 0.303 e. The highest BCUT2D eigenvalue weighted by Gasteiger charge is 2.43. The van der Waals surface area contributed by atoms with Crippen LogP contribution in [0.1, 0.15) is 50.0 Å². The normalized spacial score (nSPS) is 19.2. The summed E-state index contributed by atoms with van der Waals surface area (Å²) in [4.78, 5) is 22.5. The van der Waals surface area contributed by atoms with Gasteiger partial charge in [-0.1, -0.05) is 25.0 Å². The van der Waals surface area contributed by atoms with Crippen molar-refractivity contribution in [2.75, 3.05) is 13.7 Å². The Morgan fingerprint density at radius 1 is 1.26 bits per heavy atom. The molecule has 1 aromatic rings. The second-order valence-corrected chi connectivity index (χ2v) is 6.07. The highest BCUT2D eigenvalue weighted by molar-refractivity contribution is 5.82. The summed E-state index contributed by atoms with van der Waals surface area (Å²) >= 11 is 0. The Bertz CT molecular complexity index is 544. The fraction of sp³-hybridized carbons (Fsp3) is 0.556. The van der Waals surface area contributed by atoms with E-state index in [2.05, 4.69) is 5.32 Å². The minimum absolute atomic E-state index is 0.0779. The van der Waals surface area contributed by atoms with Crippen LogP contribution in [0, 0.1) is 5.92 Å². The molecule has 2 rings (SSSR count).